The van der Waals surface area contributed by atoms with Crippen LogP contribution in [0, 0.1) is 0 Å². The maximum Gasteiger partial charge on any atom is 0.321 e. The molecule has 0 aromatic heterocycles. The normalized spacial score (nSPS) is 33.1. The number of amidine groups is 1. The van der Waals surface area contributed by atoms with E-state index >= 15 is 0 Å². The number of nitrogens with two attached hydrogens (primary N) is 1. The first kappa shape index (κ1) is 15.0. The molecule has 4 heterocycles. The molecular weight excluding hydrogens is 290 g/mol. The highest BCUT2D eigenvalue weighted by Gasteiger charge is 2.47. The zero-order chi connectivity index (χ0) is 16.4. The molecule has 0 aromatic carbocycles. The Morgan fingerprint density at radius 2 is 2.13 bits per heavy atom. The zero-order valence-corrected chi connectivity index (χ0v) is 14.4. The van der Waals surface area contributed by atoms with E-state index in [2.05, 4.69) is 35.6 Å². The molecule has 0 radical (unpaired) electrons. The van der Waals surface area contributed by atoms with E-state index in [1.54, 1.807) is 0 Å². The molecule has 0 bridgehead atoms. The average Bonchev–Trinajstić information content (AvgIpc) is 3.15. The second-order valence-corrected chi connectivity index (χ2v) is 7.88. The molecule has 4 aliphatic rings. The molecule has 2 amide bonds. The van der Waals surface area contributed by atoms with Crippen molar-refractivity contribution >= 4 is 11.9 Å². The Morgan fingerprint density at radius 3 is 2.87 bits per heavy atom. The Kier molecular flexibility index (Phi) is 3.24. The monoisotopic (exact) mass is 317 g/mol. The first-order valence-corrected chi connectivity index (χ1v) is 8.74. The van der Waals surface area contributed by atoms with Crippen LogP contribution in [-0.2, 0) is 0 Å². The van der Waals surface area contributed by atoms with Gasteiger partial charge in [-0.2, -0.15) is 0 Å². The van der Waals surface area contributed by atoms with Gasteiger partial charge in [0.25, 0.3) is 0 Å². The maximum absolute atomic E-state index is 13.3. The van der Waals surface area contributed by atoms with Crippen molar-refractivity contribution in [2.24, 2.45) is 10.7 Å². The number of carbonyl (C=O) groups excluding carboxylic acids is 1. The van der Waals surface area contributed by atoms with Gasteiger partial charge < -0.3 is 15.5 Å². The summed E-state index contributed by atoms with van der Waals surface area (Å²) in [5.41, 5.74) is 8.02. The number of piperazine rings is 1. The fraction of sp³-hybridized carbons (Fsp3) is 0.765. The van der Waals surface area contributed by atoms with Crippen molar-refractivity contribution in [3.05, 3.63) is 11.1 Å². The molecule has 126 valence electrons. The summed E-state index contributed by atoms with van der Waals surface area (Å²) in [7, 11) is 0. The smallest absolute Gasteiger partial charge is 0.321 e. The van der Waals surface area contributed by atoms with Crippen molar-refractivity contribution in [1.82, 2.24) is 14.7 Å². The van der Waals surface area contributed by atoms with E-state index in [9.17, 15) is 4.79 Å². The summed E-state index contributed by atoms with van der Waals surface area (Å²) < 4.78 is 0. The highest BCUT2D eigenvalue weighted by molar-refractivity contribution is 6.02. The van der Waals surface area contributed by atoms with Crippen LogP contribution in [0.15, 0.2) is 16.1 Å². The minimum Gasteiger partial charge on any atom is -0.384 e. The van der Waals surface area contributed by atoms with Crippen LogP contribution in [0.1, 0.15) is 33.6 Å². The molecule has 2 fully saturated rings. The van der Waals surface area contributed by atoms with Crippen LogP contribution in [0.4, 0.5) is 4.79 Å². The number of hydrogen-bond donors (Lipinski definition) is 1. The lowest BCUT2D eigenvalue weighted by atomic mass is 9.94. The lowest BCUT2D eigenvalue weighted by Gasteiger charge is -2.46. The molecule has 2 saturated heterocycles. The van der Waals surface area contributed by atoms with Crippen LogP contribution in [0.5, 0.6) is 0 Å². The van der Waals surface area contributed by atoms with Crippen LogP contribution < -0.4 is 5.73 Å². The Hall–Kier alpha value is -1.56. The van der Waals surface area contributed by atoms with Crippen molar-refractivity contribution in [2.75, 3.05) is 32.7 Å². The van der Waals surface area contributed by atoms with Crippen LogP contribution in [0.25, 0.3) is 0 Å². The number of amides is 2. The highest BCUT2D eigenvalue weighted by atomic mass is 16.2. The van der Waals surface area contributed by atoms with Gasteiger partial charge in [-0.3, -0.25) is 9.89 Å². The van der Waals surface area contributed by atoms with Gasteiger partial charge in [0.15, 0.2) is 0 Å². The molecule has 0 saturated carbocycles. The molecule has 6 nitrogen and oxygen atoms in total. The minimum absolute atomic E-state index is 0.163. The van der Waals surface area contributed by atoms with Crippen molar-refractivity contribution in [2.45, 2.75) is 51.2 Å². The second kappa shape index (κ2) is 4.97. The third-order valence-electron chi connectivity index (χ3n) is 6.22. The lowest BCUT2D eigenvalue weighted by Crippen LogP contribution is -2.61. The molecule has 0 aliphatic carbocycles. The minimum atomic E-state index is -0.288. The Balaban J connectivity index is 1.55. The molecule has 0 unspecified atom stereocenters. The lowest BCUT2D eigenvalue weighted by molar-refractivity contribution is 0.0549. The highest BCUT2D eigenvalue weighted by Crippen LogP contribution is 2.38. The Labute approximate surface area is 138 Å². The number of carbonyl (C=O) groups is 1. The van der Waals surface area contributed by atoms with Crippen molar-refractivity contribution in [3.63, 3.8) is 0 Å². The summed E-state index contributed by atoms with van der Waals surface area (Å²) in [5.74, 6) is 0.622. The average molecular weight is 317 g/mol. The van der Waals surface area contributed by atoms with Gasteiger partial charge in [-0.15, -0.1) is 0 Å². The van der Waals surface area contributed by atoms with Gasteiger partial charge in [0.1, 0.15) is 5.84 Å². The van der Waals surface area contributed by atoms with Crippen molar-refractivity contribution in [1.29, 1.82) is 0 Å². The number of nitrogens with zero attached hydrogens (tertiary/aromatic N) is 4. The number of urea groups is 1. The van der Waals surface area contributed by atoms with Gasteiger partial charge in [0.2, 0.25) is 0 Å². The van der Waals surface area contributed by atoms with Crippen LogP contribution in [-0.4, -0.2) is 76.9 Å². The molecule has 6 heteroatoms. The molecule has 4 rings (SSSR count). The SMILES string of the molecule is C[C@H]1CN2CCC[C@H]2CN1C(=O)N1CC2=C(CN=C2N)C1(C)C. The number of aliphatic imine (C=N–C) groups is 1. The number of hydrogen-bond acceptors (Lipinski definition) is 4. The van der Waals surface area contributed by atoms with Crippen LogP contribution in [0.2, 0.25) is 0 Å². The fourth-order valence-electron chi connectivity index (χ4n) is 4.68. The number of fused-ring (bicyclic) bond motifs is 1. The van der Waals surface area contributed by atoms with Crippen molar-refractivity contribution in [3.8, 4) is 0 Å². The summed E-state index contributed by atoms with van der Waals surface area (Å²) in [6.07, 6.45) is 2.48. The molecule has 2 N–H and O–H groups in total. The largest absolute Gasteiger partial charge is 0.384 e. The molecule has 0 aromatic rings. The Bertz CT molecular complexity index is 608. The predicted octanol–water partition coefficient (Wildman–Crippen LogP) is 1.04. The summed E-state index contributed by atoms with van der Waals surface area (Å²) in [4.78, 5) is 24.3. The van der Waals surface area contributed by atoms with Gasteiger partial charge in [0.05, 0.1) is 18.6 Å². The molecule has 4 aliphatic heterocycles. The van der Waals surface area contributed by atoms with Gasteiger partial charge in [-0.1, -0.05) is 0 Å². The molecule has 0 spiro atoms. The summed E-state index contributed by atoms with van der Waals surface area (Å²) in [6.45, 7) is 10.7. The van der Waals surface area contributed by atoms with Gasteiger partial charge in [0, 0.05) is 30.7 Å². The molecule has 2 atom stereocenters. The van der Waals surface area contributed by atoms with E-state index in [-0.39, 0.29) is 17.6 Å². The van der Waals surface area contributed by atoms with E-state index < -0.39 is 0 Å². The van der Waals surface area contributed by atoms with Crippen LogP contribution in [0.3, 0.4) is 0 Å². The van der Waals surface area contributed by atoms with Gasteiger partial charge >= 0.3 is 6.03 Å². The Morgan fingerprint density at radius 1 is 1.35 bits per heavy atom. The number of rotatable bonds is 0. The third-order valence-corrected chi connectivity index (χ3v) is 6.22. The van der Waals surface area contributed by atoms with Crippen LogP contribution >= 0.6 is 0 Å². The summed E-state index contributed by atoms with van der Waals surface area (Å²) in [5, 5.41) is 0. The third kappa shape index (κ3) is 2.11. The quantitative estimate of drug-likeness (QED) is 0.726. The molecule has 23 heavy (non-hydrogen) atoms. The van der Waals surface area contributed by atoms with E-state index in [1.807, 2.05) is 4.90 Å². The summed E-state index contributed by atoms with van der Waals surface area (Å²) >= 11 is 0. The van der Waals surface area contributed by atoms with E-state index in [0.717, 1.165) is 18.7 Å². The topological polar surface area (TPSA) is 65.2 Å². The predicted molar refractivity (Wildman–Crippen MR) is 90.5 cm³/mol. The summed E-state index contributed by atoms with van der Waals surface area (Å²) in [6, 6.07) is 0.984. The van der Waals surface area contributed by atoms with Crippen molar-refractivity contribution < 1.29 is 4.79 Å². The standard InChI is InChI=1S/C17H27N5O/c1-11-8-20-6-4-5-12(20)9-21(11)16(23)22-10-13-14(17(22,2)3)7-19-15(13)18/h11-12H,4-10H2,1-3H3,(H2,18,19)/t11-,12-/m0/s1. The fourth-order valence-corrected chi connectivity index (χ4v) is 4.68. The van der Waals surface area contributed by atoms with Gasteiger partial charge in [-0.05, 0) is 45.7 Å². The maximum atomic E-state index is 13.3. The van der Waals surface area contributed by atoms with E-state index in [0.29, 0.717) is 25.0 Å². The first-order chi connectivity index (χ1) is 10.9. The zero-order valence-electron chi connectivity index (χ0n) is 14.4. The van der Waals surface area contributed by atoms with E-state index in [1.165, 1.54) is 25.0 Å². The molecular formula is C17H27N5O. The second-order valence-electron chi connectivity index (χ2n) is 7.88. The first-order valence-electron chi connectivity index (χ1n) is 8.74. The van der Waals surface area contributed by atoms with E-state index in [4.69, 9.17) is 5.73 Å². The van der Waals surface area contributed by atoms with Gasteiger partial charge in [-0.25, -0.2) is 4.79 Å².